The van der Waals surface area contributed by atoms with Gasteiger partial charge in [0, 0.05) is 12.4 Å². The molecule has 0 radical (unpaired) electrons. The van der Waals surface area contributed by atoms with Crippen molar-refractivity contribution < 1.29 is 14.3 Å². The van der Waals surface area contributed by atoms with E-state index < -0.39 is 12.1 Å². The van der Waals surface area contributed by atoms with Gasteiger partial charge in [0.1, 0.15) is 0 Å². The van der Waals surface area contributed by atoms with Crippen LogP contribution in [0.15, 0.2) is 48.8 Å². The van der Waals surface area contributed by atoms with Crippen LogP contribution in [0.2, 0.25) is 0 Å². The lowest BCUT2D eigenvalue weighted by atomic mass is 10.0. The summed E-state index contributed by atoms with van der Waals surface area (Å²) in [4.78, 5) is 14.5. The number of carboxylic acid groups (broad SMARTS) is 1. The second kappa shape index (κ2) is 4.74. The maximum Gasteiger partial charge on any atom is 0.335 e. The molecular formula is C13H10FNO2. The molecule has 2 rings (SSSR count). The van der Waals surface area contributed by atoms with Crippen molar-refractivity contribution >= 4 is 5.97 Å². The Bertz CT molecular complexity index is 511. The molecule has 3 nitrogen and oxygen atoms in total. The number of halogens is 1. The third-order valence-corrected chi connectivity index (χ3v) is 2.45. The number of hydrogen-bond donors (Lipinski definition) is 1. The van der Waals surface area contributed by atoms with Crippen LogP contribution in [-0.2, 0) is 0 Å². The summed E-state index contributed by atoms with van der Waals surface area (Å²) in [5, 5.41) is 8.73. The average molecular weight is 231 g/mol. The Kier molecular flexibility index (Phi) is 3.14. The zero-order valence-electron chi connectivity index (χ0n) is 8.88. The van der Waals surface area contributed by atoms with Gasteiger partial charge in [-0.25, -0.2) is 9.18 Å². The van der Waals surface area contributed by atoms with Crippen molar-refractivity contribution in [1.82, 2.24) is 4.98 Å². The lowest BCUT2D eigenvalue weighted by Crippen LogP contribution is -1.98. The van der Waals surface area contributed by atoms with Gasteiger partial charge in [0.2, 0.25) is 0 Å². The molecule has 0 saturated carbocycles. The molecule has 1 aromatic heterocycles. The monoisotopic (exact) mass is 231 g/mol. The Balaban J connectivity index is 2.26. The van der Waals surface area contributed by atoms with Crippen LogP contribution in [0.4, 0.5) is 4.39 Å². The summed E-state index contributed by atoms with van der Waals surface area (Å²) in [5.41, 5.74) is 1.08. The molecule has 2 aromatic rings. The topological polar surface area (TPSA) is 50.2 Å². The van der Waals surface area contributed by atoms with Gasteiger partial charge in [0.05, 0.1) is 5.56 Å². The Morgan fingerprint density at radius 2 is 1.59 bits per heavy atom. The van der Waals surface area contributed by atoms with Crippen LogP contribution in [0, 0.1) is 0 Å². The highest BCUT2D eigenvalue weighted by Crippen LogP contribution is 2.25. The molecule has 0 aliphatic rings. The number of carbonyl (C=O) groups is 1. The van der Waals surface area contributed by atoms with Gasteiger partial charge in [-0.05, 0) is 35.4 Å². The summed E-state index contributed by atoms with van der Waals surface area (Å²) in [6.45, 7) is 0. The molecule has 0 spiro atoms. The maximum atomic E-state index is 14.0. The van der Waals surface area contributed by atoms with E-state index in [1.807, 2.05) is 0 Å². The lowest BCUT2D eigenvalue weighted by molar-refractivity contribution is 0.0697. The van der Waals surface area contributed by atoms with E-state index in [1.165, 1.54) is 36.7 Å². The molecule has 1 N–H and O–H groups in total. The number of carboxylic acids is 1. The van der Waals surface area contributed by atoms with E-state index in [1.54, 1.807) is 12.1 Å². The van der Waals surface area contributed by atoms with E-state index in [4.69, 9.17) is 5.11 Å². The van der Waals surface area contributed by atoms with Crippen LogP contribution < -0.4 is 0 Å². The van der Waals surface area contributed by atoms with E-state index in [9.17, 15) is 9.18 Å². The Hall–Kier alpha value is -2.23. The zero-order valence-corrected chi connectivity index (χ0v) is 8.88. The zero-order chi connectivity index (χ0) is 12.3. The van der Waals surface area contributed by atoms with E-state index in [-0.39, 0.29) is 5.56 Å². The van der Waals surface area contributed by atoms with Gasteiger partial charge < -0.3 is 5.11 Å². The standard InChI is InChI=1S/C13H10FNO2/c14-12(10-5-7-15-8-6-10)9-1-3-11(4-2-9)13(16)17/h1-8,12H,(H,16,17). The van der Waals surface area contributed by atoms with Crippen LogP contribution in [-0.4, -0.2) is 16.1 Å². The molecule has 0 fully saturated rings. The van der Waals surface area contributed by atoms with E-state index >= 15 is 0 Å². The Morgan fingerprint density at radius 1 is 1.06 bits per heavy atom. The number of alkyl halides is 1. The Morgan fingerprint density at radius 3 is 2.12 bits per heavy atom. The van der Waals surface area contributed by atoms with Gasteiger partial charge in [-0.15, -0.1) is 0 Å². The maximum absolute atomic E-state index is 14.0. The van der Waals surface area contributed by atoms with Gasteiger partial charge in [-0.2, -0.15) is 0 Å². The summed E-state index contributed by atoms with van der Waals surface area (Å²) < 4.78 is 14.0. The minimum atomic E-state index is -1.26. The third kappa shape index (κ3) is 2.47. The summed E-state index contributed by atoms with van der Waals surface area (Å²) in [7, 11) is 0. The molecule has 0 aliphatic carbocycles. The molecule has 1 atom stereocenters. The molecule has 1 unspecified atom stereocenters. The first kappa shape index (κ1) is 11.3. The van der Waals surface area contributed by atoms with Crippen LogP contribution in [0.3, 0.4) is 0 Å². The predicted octanol–water partition coefficient (Wildman–Crippen LogP) is 2.84. The highest BCUT2D eigenvalue weighted by Gasteiger charge is 2.12. The second-order valence-electron chi connectivity index (χ2n) is 3.57. The van der Waals surface area contributed by atoms with E-state index in [2.05, 4.69) is 4.98 Å². The van der Waals surface area contributed by atoms with Crippen molar-refractivity contribution in [3.05, 3.63) is 65.5 Å². The molecule has 1 heterocycles. The molecule has 4 heteroatoms. The van der Waals surface area contributed by atoms with E-state index in [0.29, 0.717) is 11.1 Å². The molecule has 0 saturated heterocycles. The van der Waals surface area contributed by atoms with Crippen molar-refractivity contribution in [2.24, 2.45) is 0 Å². The lowest BCUT2D eigenvalue weighted by Gasteiger charge is -2.08. The third-order valence-electron chi connectivity index (χ3n) is 2.45. The smallest absolute Gasteiger partial charge is 0.335 e. The summed E-state index contributed by atoms with van der Waals surface area (Å²) in [6, 6.07) is 8.94. The van der Waals surface area contributed by atoms with Crippen LogP contribution in [0.25, 0.3) is 0 Å². The first-order chi connectivity index (χ1) is 8.18. The first-order valence-corrected chi connectivity index (χ1v) is 5.06. The molecule has 0 aliphatic heterocycles. The SMILES string of the molecule is O=C(O)c1ccc(C(F)c2ccncc2)cc1. The second-order valence-corrected chi connectivity index (χ2v) is 3.57. The van der Waals surface area contributed by atoms with Gasteiger partial charge >= 0.3 is 5.97 Å². The molecule has 0 amide bonds. The van der Waals surface area contributed by atoms with Gasteiger partial charge in [0.15, 0.2) is 6.17 Å². The molecular weight excluding hydrogens is 221 g/mol. The minimum absolute atomic E-state index is 0.149. The number of rotatable bonds is 3. The molecule has 0 bridgehead atoms. The largest absolute Gasteiger partial charge is 0.478 e. The molecule has 86 valence electrons. The first-order valence-electron chi connectivity index (χ1n) is 5.06. The average Bonchev–Trinajstić information content (AvgIpc) is 2.39. The summed E-state index contributed by atoms with van der Waals surface area (Å²) >= 11 is 0. The number of benzene rings is 1. The van der Waals surface area contributed by atoms with Crippen molar-refractivity contribution in [3.63, 3.8) is 0 Å². The van der Waals surface area contributed by atoms with Gasteiger partial charge in [-0.1, -0.05) is 12.1 Å². The Labute approximate surface area is 97.6 Å². The fourth-order valence-electron chi connectivity index (χ4n) is 1.52. The van der Waals surface area contributed by atoms with Crippen LogP contribution >= 0.6 is 0 Å². The van der Waals surface area contributed by atoms with Crippen molar-refractivity contribution in [1.29, 1.82) is 0 Å². The van der Waals surface area contributed by atoms with Crippen LogP contribution in [0.5, 0.6) is 0 Å². The molecule has 17 heavy (non-hydrogen) atoms. The van der Waals surface area contributed by atoms with Gasteiger partial charge in [0.25, 0.3) is 0 Å². The summed E-state index contributed by atoms with van der Waals surface area (Å²) in [5.74, 6) is -1.02. The fraction of sp³-hybridized carbons (Fsp3) is 0.0769. The van der Waals surface area contributed by atoms with Gasteiger partial charge in [-0.3, -0.25) is 4.98 Å². The van der Waals surface area contributed by atoms with Crippen molar-refractivity contribution in [2.75, 3.05) is 0 Å². The van der Waals surface area contributed by atoms with Crippen molar-refractivity contribution in [3.8, 4) is 0 Å². The molecule has 1 aromatic carbocycles. The van der Waals surface area contributed by atoms with Crippen molar-refractivity contribution in [2.45, 2.75) is 6.17 Å². The number of nitrogens with zero attached hydrogens (tertiary/aromatic N) is 1. The van der Waals surface area contributed by atoms with Crippen LogP contribution in [0.1, 0.15) is 27.7 Å². The predicted molar refractivity (Wildman–Crippen MR) is 60.6 cm³/mol. The quantitative estimate of drug-likeness (QED) is 0.883. The van der Waals surface area contributed by atoms with E-state index in [0.717, 1.165) is 0 Å². The number of pyridine rings is 1. The number of hydrogen-bond acceptors (Lipinski definition) is 2. The fourth-order valence-corrected chi connectivity index (χ4v) is 1.52. The highest BCUT2D eigenvalue weighted by atomic mass is 19.1. The minimum Gasteiger partial charge on any atom is -0.478 e. The highest BCUT2D eigenvalue weighted by molar-refractivity contribution is 5.87. The summed E-state index contributed by atoms with van der Waals surface area (Å²) in [6.07, 6.45) is 1.78. The number of aromatic carboxylic acids is 1. The normalized spacial score (nSPS) is 12.1. The number of aromatic nitrogens is 1.